The van der Waals surface area contributed by atoms with Crippen molar-refractivity contribution in [3.8, 4) is 0 Å². The highest BCUT2D eigenvalue weighted by Gasteiger charge is 1.64. The molecule has 48 valence electrons. The number of hydrogen-bond acceptors (Lipinski definition) is 0. The quantitative estimate of drug-likeness (QED) is 0.500. The number of rotatable bonds is 4. The molecule has 0 aliphatic carbocycles. The predicted molar refractivity (Wildman–Crippen MR) is 41.7 cm³/mol. The van der Waals surface area contributed by atoms with Crippen LogP contribution in [0, 0.1) is 13.5 Å². The van der Waals surface area contributed by atoms with E-state index in [1.54, 1.807) is 6.08 Å². The SMILES string of the molecule is [CH]=CC/C=C/C=C/C[CH2]. The van der Waals surface area contributed by atoms with Gasteiger partial charge in [0.25, 0.3) is 0 Å². The summed E-state index contributed by atoms with van der Waals surface area (Å²) >= 11 is 0. The van der Waals surface area contributed by atoms with Gasteiger partial charge in [0.15, 0.2) is 0 Å². The summed E-state index contributed by atoms with van der Waals surface area (Å²) < 4.78 is 0. The molecule has 0 amide bonds. The standard InChI is InChI=1S/C9H12/c1-3-5-7-9-8-6-4-2/h1,3,6-9H,2,4-5H2/b3-1?,8-6+,9-7+. The van der Waals surface area contributed by atoms with Gasteiger partial charge in [-0.3, -0.25) is 0 Å². The molecule has 0 heteroatoms. The maximum atomic E-state index is 5.13. The Labute approximate surface area is 57.6 Å². The Morgan fingerprint density at radius 1 is 1.22 bits per heavy atom. The third-order valence-electron chi connectivity index (χ3n) is 0.822. The second kappa shape index (κ2) is 7.22. The first kappa shape index (κ1) is 8.22. The molecule has 0 saturated heterocycles. The maximum absolute atomic E-state index is 5.13. The van der Waals surface area contributed by atoms with Crippen molar-refractivity contribution in [1.29, 1.82) is 0 Å². The van der Waals surface area contributed by atoms with Crippen LogP contribution in [0.25, 0.3) is 0 Å². The molecule has 0 rings (SSSR count). The molecular formula is C9H12. The lowest BCUT2D eigenvalue weighted by atomic mass is 10.3. The van der Waals surface area contributed by atoms with E-state index in [-0.39, 0.29) is 0 Å². The molecule has 0 saturated carbocycles. The molecular weight excluding hydrogens is 108 g/mol. The molecule has 0 fully saturated rings. The molecule has 0 heterocycles. The Morgan fingerprint density at radius 2 is 1.89 bits per heavy atom. The zero-order chi connectivity index (χ0) is 6.95. The van der Waals surface area contributed by atoms with Crippen LogP contribution in [-0.4, -0.2) is 0 Å². The lowest BCUT2D eigenvalue weighted by Gasteiger charge is -1.75. The van der Waals surface area contributed by atoms with Crippen molar-refractivity contribution in [2.75, 3.05) is 0 Å². The van der Waals surface area contributed by atoms with Crippen LogP contribution in [0.5, 0.6) is 0 Å². The molecule has 0 aromatic heterocycles. The molecule has 0 unspecified atom stereocenters. The van der Waals surface area contributed by atoms with Gasteiger partial charge in [-0.25, -0.2) is 0 Å². The fraction of sp³-hybridized carbons (Fsp3) is 0.222. The van der Waals surface area contributed by atoms with Crippen molar-refractivity contribution in [2.24, 2.45) is 0 Å². The molecule has 0 aromatic carbocycles. The average Bonchev–Trinajstić information content (AvgIpc) is 1.89. The lowest BCUT2D eigenvalue weighted by Crippen LogP contribution is -1.54. The van der Waals surface area contributed by atoms with Crippen molar-refractivity contribution >= 4 is 0 Å². The molecule has 0 aliphatic heterocycles. The van der Waals surface area contributed by atoms with Gasteiger partial charge in [-0.2, -0.15) is 0 Å². The maximum Gasteiger partial charge on any atom is -0.0163 e. The molecule has 0 aliphatic rings. The Kier molecular flexibility index (Phi) is 6.59. The van der Waals surface area contributed by atoms with E-state index >= 15 is 0 Å². The third kappa shape index (κ3) is 7.22. The molecule has 9 heavy (non-hydrogen) atoms. The van der Waals surface area contributed by atoms with Crippen LogP contribution in [0.1, 0.15) is 12.8 Å². The van der Waals surface area contributed by atoms with E-state index < -0.39 is 0 Å². The average molecular weight is 120 g/mol. The number of hydrogen-bond donors (Lipinski definition) is 0. The van der Waals surface area contributed by atoms with E-state index in [9.17, 15) is 0 Å². The van der Waals surface area contributed by atoms with Gasteiger partial charge in [-0.15, -0.1) is 0 Å². The minimum absolute atomic E-state index is 0.835. The molecule has 0 N–H and O–H groups in total. The second-order valence-electron chi connectivity index (χ2n) is 1.62. The van der Waals surface area contributed by atoms with Crippen LogP contribution in [-0.2, 0) is 0 Å². The van der Waals surface area contributed by atoms with Gasteiger partial charge in [-0.1, -0.05) is 37.0 Å². The molecule has 0 aromatic rings. The van der Waals surface area contributed by atoms with E-state index in [0.29, 0.717) is 0 Å². The minimum atomic E-state index is 0.835. The molecule has 0 nitrogen and oxygen atoms in total. The van der Waals surface area contributed by atoms with Gasteiger partial charge >= 0.3 is 0 Å². The monoisotopic (exact) mass is 120 g/mol. The summed E-state index contributed by atoms with van der Waals surface area (Å²) in [5.74, 6) is 0. The fourth-order valence-electron chi connectivity index (χ4n) is 0.410. The van der Waals surface area contributed by atoms with Crippen LogP contribution in [0.2, 0.25) is 0 Å². The highest BCUT2D eigenvalue weighted by atomic mass is 13.7. The van der Waals surface area contributed by atoms with Crippen LogP contribution < -0.4 is 0 Å². The van der Waals surface area contributed by atoms with Crippen molar-refractivity contribution in [3.05, 3.63) is 43.9 Å². The molecule has 2 radical (unpaired) electrons. The molecule has 0 atom stereocenters. The van der Waals surface area contributed by atoms with Gasteiger partial charge in [0.05, 0.1) is 0 Å². The van der Waals surface area contributed by atoms with Crippen molar-refractivity contribution in [2.45, 2.75) is 12.8 Å². The van der Waals surface area contributed by atoms with E-state index in [1.807, 2.05) is 24.3 Å². The van der Waals surface area contributed by atoms with Crippen molar-refractivity contribution < 1.29 is 0 Å². The van der Waals surface area contributed by atoms with Crippen LogP contribution in [0.3, 0.4) is 0 Å². The Bertz CT molecular complexity index is 107. The fourth-order valence-corrected chi connectivity index (χ4v) is 0.410. The first-order valence-corrected chi connectivity index (χ1v) is 3.06. The summed E-state index contributed by atoms with van der Waals surface area (Å²) in [6.07, 6.45) is 11.2. The molecule has 0 spiro atoms. The first-order chi connectivity index (χ1) is 4.41. The van der Waals surface area contributed by atoms with Crippen molar-refractivity contribution in [1.82, 2.24) is 0 Å². The van der Waals surface area contributed by atoms with Crippen LogP contribution >= 0.6 is 0 Å². The largest absolute Gasteiger partial charge is 0.0845 e. The van der Waals surface area contributed by atoms with Crippen molar-refractivity contribution in [3.63, 3.8) is 0 Å². The first-order valence-electron chi connectivity index (χ1n) is 3.06. The van der Waals surface area contributed by atoms with Gasteiger partial charge in [0.2, 0.25) is 0 Å². The highest BCUT2D eigenvalue weighted by Crippen LogP contribution is 1.85. The van der Waals surface area contributed by atoms with Gasteiger partial charge in [-0.05, 0) is 19.8 Å². The Morgan fingerprint density at radius 3 is 2.44 bits per heavy atom. The molecule has 0 bridgehead atoms. The highest BCUT2D eigenvalue weighted by molar-refractivity contribution is 5.03. The summed E-state index contributed by atoms with van der Waals surface area (Å²) in [5, 5.41) is 0. The lowest BCUT2D eigenvalue weighted by molar-refractivity contribution is 1.38. The van der Waals surface area contributed by atoms with Gasteiger partial charge < -0.3 is 0 Å². The van der Waals surface area contributed by atoms with E-state index in [0.717, 1.165) is 12.8 Å². The van der Waals surface area contributed by atoms with Gasteiger partial charge in [0, 0.05) is 0 Å². The van der Waals surface area contributed by atoms with E-state index in [2.05, 4.69) is 6.92 Å². The summed E-state index contributed by atoms with van der Waals surface area (Å²) in [7, 11) is 0. The second-order valence-corrected chi connectivity index (χ2v) is 1.62. The van der Waals surface area contributed by atoms with E-state index in [4.69, 9.17) is 6.58 Å². The van der Waals surface area contributed by atoms with E-state index in [1.165, 1.54) is 0 Å². The number of allylic oxidation sites excluding steroid dienone is 5. The summed E-state index contributed by atoms with van der Waals surface area (Å²) in [4.78, 5) is 0. The summed E-state index contributed by atoms with van der Waals surface area (Å²) in [6.45, 7) is 8.78. The topological polar surface area (TPSA) is 0 Å². The zero-order valence-electron chi connectivity index (χ0n) is 5.59. The smallest absolute Gasteiger partial charge is 0.0163 e. The van der Waals surface area contributed by atoms with Crippen LogP contribution in [0.15, 0.2) is 30.4 Å². The zero-order valence-corrected chi connectivity index (χ0v) is 5.59. The minimum Gasteiger partial charge on any atom is -0.0845 e. The van der Waals surface area contributed by atoms with Crippen LogP contribution in [0.4, 0.5) is 0 Å². The Balaban J connectivity index is 3.23. The predicted octanol–water partition coefficient (Wildman–Crippen LogP) is 2.70. The third-order valence-corrected chi connectivity index (χ3v) is 0.822. The summed E-state index contributed by atoms with van der Waals surface area (Å²) in [5.41, 5.74) is 0. The summed E-state index contributed by atoms with van der Waals surface area (Å²) in [6, 6.07) is 0. The normalized spacial score (nSPS) is 11.2. The Hall–Kier alpha value is -0.780. The van der Waals surface area contributed by atoms with Gasteiger partial charge in [0.1, 0.15) is 0 Å².